The summed E-state index contributed by atoms with van der Waals surface area (Å²) in [6.45, 7) is 11.3. The third kappa shape index (κ3) is 6.30. The number of carbonyl (C=O) groups is 2. The largest absolute Gasteiger partial charge is 0.497 e. The van der Waals surface area contributed by atoms with Gasteiger partial charge in [0.05, 0.1) is 41.5 Å². The summed E-state index contributed by atoms with van der Waals surface area (Å²) in [6.07, 6.45) is 2.60. The number of methoxy groups -OCH3 is 1. The summed E-state index contributed by atoms with van der Waals surface area (Å²) in [4.78, 5) is 35.5. The van der Waals surface area contributed by atoms with Crippen molar-refractivity contribution in [3.05, 3.63) is 96.1 Å². The lowest BCUT2D eigenvalue weighted by atomic mass is 9.85. The number of nitrogens with zero attached hydrogens (tertiary/aromatic N) is 5. The van der Waals surface area contributed by atoms with Crippen LogP contribution in [-0.2, 0) is 25.2 Å². The number of amides is 2. The Morgan fingerprint density at radius 2 is 1.70 bits per heavy atom. The highest BCUT2D eigenvalue weighted by molar-refractivity contribution is 7.93. The average Bonchev–Trinajstić information content (AvgIpc) is 3.39. The van der Waals surface area contributed by atoms with Gasteiger partial charge in [0.1, 0.15) is 11.5 Å². The number of sulfonamides is 1. The molecule has 0 bridgehead atoms. The van der Waals surface area contributed by atoms with Gasteiger partial charge in [-0.2, -0.15) is 9.57 Å². The monoisotopic (exact) mass is 699 g/mol. The lowest BCUT2D eigenvalue weighted by Crippen LogP contribution is -2.54. The van der Waals surface area contributed by atoms with Crippen LogP contribution in [0.25, 0.3) is 0 Å². The Balaban J connectivity index is 1.38. The Hall–Kier alpha value is -4.90. The number of rotatable bonds is 10. The van der Waals surface area contributed by atoms with Crippen LogP contribution in [-0.4, -0.2) is 101 Å². The molecule has 3 aromatic rings. The Labute approximate surface area is 293 Å². The average molecular weight is 700 g/mol. The molecule has 13 heteroatoms. The van der Waals surface area contributed by atoms with Gasteiger partial charge in [-0.25, -0.2) is 13.2 Å². The number of hydrogen-bond acceptors (Lipinski definition) is 10. The zero-order chi connectivity index (χ0) is 35.5. The molecule has 50 heavy (non-hydrogen) atoms. The molecule has 3 aliphatic rings. The van der Waals surface area contributed by atoms with E-state index in [-0.39, 0.29) is 39.6 Å². The summed E-state index contributed by atoms with van der Waals surface area (Å²) in [6, 6.07) is 18.8. The normalized spacial score (nSPS) is 20.2. The summed E-state index contributed by atoms with van der Waals surface area (Å²) in [5.41, 5.74) is -1.97. The van der Waals surface area contributed by atoms with Crippen LogP contribution in [0.5, 0.6) is 11.5 Å². The van der Waals surface area contributed by atoms with E-state index in [1.165, 1.54) is 49.6 Å². The second-order valence-electron chi connectivity index (χ2n) is 12.4. The Morgan fingerprint density at radius 3 is 2.34 bits per heavy atom. The smallest absolute Gasteiger partial charge is 0.411 e. The van der Waals surface area contributed by atoms with Crippen LogP contribution >= 0.6 is 0 Å². The van der Waals surface area contributed by atoms with Crippen LogP contribution in [0.4, 0.5) is 10.5 Å². The third-order valence-electron chi connectivity index (χ3n) is 9.65. The minimum atomic E-state index is -4.55. The molecule has 2 fully saturated rings. The van der Waals surface area contributed by atoms with E-state index in [4.69, 9.17) is 14.2 Å². The molecule has 2 saturated heterocycles. The number of piperazine rings is 1. The third-order valence-corrected chi connectivity index (χ3v) is 11.4. The molecule has 3 heterocycles. The van der Waals surface area contributed by atoms with Gasteiger partial charge in [0.2, 0.25) is 5.60 Å². The number of likely N-dealkylation sites (tertiary alicyclic amines) is 1. The first kappa shape index (κ1) is 34.9. The molecule has 12 nitrogen and oxygen atoms in total. The van der Waals surface area contributed by atoms with Crippen molar-refractivity contribution in [1.29, 1.82) is 5.26 Å². The SMILES string of the molecule is C=CCN1CCN(C2CCN(C(=O)OC3(c4ccccc4OCC)C(=O)N(S(=O)(=O)c4ccc(OC)cc4)c4ccc(C#N)cc43)CC2)CC1. The number of piperidine rings is 1. The predicted molar refractivity (Wildman–Crippen MR) is 186 cm³/mol. The first-order chi connectivity index (χ1) is 24.2. The number of para-hydroxylation sites is 1. The van der Waals surface area contributed by atoms with E-state index in [9.17, 15) is 18.5 Å². The van der Waals surface area contributed by atoms with Gasteiger partial charge in [0, 0.05) is 57.4 Å². The molecule has 3 aliphatic heterocycles. The fraction of sp³-hybridized carbons (Fsp3) is 0.378. The highest BCUT2D eigenvalue weighted by Crippen LogP contribution is 2.52. The molecule has 0 aliphatic carbocycles. The topological polar surface area (TPSA) is 133 Å². The van der Waals surface area contributed by atoms with E-state index in [2.05, 4.69) is 22.4 Å². The van der Waals surface area contributed by atoms with Crippen molar-refractivity contribution < 1.29 is 32.2 Å². The van der Waals surface area contributed by atoms with Gasteiger partial charge < -0.3 is 19.1 Å². The van der Waals surface area contributed by atoms with Gasteiger partial charge in [0.15, 0.2) is 0 Å². The summed E-state index contributed by atoms with van der Waals surface area (Å²) in [5.74, 6) is -0.350. The Morgan fingerprint density at radius 1 is 1.00 bits per heavy atom. The molecule has 0 N–H and O–H groups in total. The first-order valence-electron chi connectivity index (χ1n) is 16.7. The van der Waals surface area contributed by atoms with Crippen LogP contribution in [0.1, 0.15) is 36.5 Å². The molecular weight excluding hydrogens is 659 g/mol. The molecule has 262 valence electrons. The van der Waals surface area contributed by atoms with Crippen LogP contribution in [0.3, 0.4) is 0 Å². The standard InChI is InChI=1S/C37H41N5O7S/c1-4-18-39-21-23-40(24-22-39)28-16-19-41(20-17-28)36(44)49-37(31-8-6-7-9-34(31)48-5-2)32-25-27(26-38)10-15-33(32)42(35(37)43)50(45,46)30-13-11-29(47-3)12-14-30/h4,6-15,25,28H,1,5,16-24H2,2-3H3. The van der Waals surface area contributed by atoms with Gasteiger partial charge in [-0.1, -0.05) is 24.3 Å². The van der Waals surface area contributed by atoms with E-state index in [1.54, 1.807) is 36.1 Å². The lowest BCUT2D eigenvalue weighted by Gasteiger charge is -2.42. The summed E-state index contributed by atoms with van der Waals surface area (Å²) in [5, 5.41) is 9.90. The zero-order valence-electron chi connectivity index (χ0n) is 28.3. The molecule has 0 saturated carbocycles. The number of anilines is 1. The summed E-state index contributed by atoms with van der Waals surface area (Å²) >= 11 is 0. The predicted octanol–water partition coefficient (Wildman–Crippen LogP) is 4.35. The Kier molecular flexibility index (Phi) is 10.2. The van der Waals surface area contributed by atoms with Crippen molar-refractivity contribution in [2.75, 3.05) is 63.8 Å². The van der Waals surface area contributed by atoms with Gasteiger partial charge in [-0.05, 0) is 68.3 Å². The quantitative estimate of drug-likeness (QED) is 0.282. The summed E-state index contributed by atoms with van der Waals surface area (Å²) < 4.78 is 46.8. The summed E-state index contributed by atoms with van der Waals surface area (Å²) in [7, 11) is -3.09. The number of hydrogen-bond donors (Lipinski definition) is 0. The highest BCUT2D eigenvalue weighted by Gasteiger charge is 2.61. The van der Waals surface area contributed by atoms with Gasteiger partial charge >= 0.3 is 6.09 Å². The number of ether oxygens (including phenoxy) is 3. The van der Waals surface area contributed by atoms with Gasteiger partial charge in [-0.15, -0.1) is 6.58 Å². The molecule has 0 aromatic heterocycles. The zero-order valence-corrected chi connectivity index (χ0v) is 29.1. The number of benzene rings is 3. The molecule has 0 spiro atoms. The molecule has 0 radical (unpaired) electrons. The van der Waals surface area contributed by atoms with Crippen molar-refractivity contribution in [3.8, 4) is 17.6 Å². The molecule has 3 aromatic carbocycles. The van der Waals surface area contributed by atoms with E-state index in [0.717, 1.165) is 45.6 Å². The van der Waals surface area contributed by atoms with Crippen molar-refractivity contribution >= 4 is 27.7 Å². The Bertz CT molecular complexity index is 1900. The van der Waals surface area contributed by atoms with Crippen molar-refractivity contribution in [1.82, 2.24) is 14.7 Å². The fourth-order valence-corrected chi connectivity index (χ4v) is 8.54. The first-order valence-corrected chi connectivity index (χ1v) is 18.2. The number of carbonyl (C=O) groups excluding carboxylic acids is 2. The van der Waals surface area contributed by atoms with Gasteiger partial charge in [-0.3, -0.25) is 14.6 Å². The fourth-order valence-electron chi connectivity index (χ4n) is 7.08. The van der Waals surface area contributed by atoms with Crippen molar-refractivity contribution in [3.63, 3.8) is 0 Å². The van der Waals surface area contributed by atoms with Crippen LogP contribution in [0.2, 0.25) is 0 Å². The maximum Gasteiger partial charge on any atom is 0.411 e. The van der Waals surface area contributed by atoms with Crippen LogP contribution < -0.4 is 13.8 Å². The maximum atomic E-state index is 15.0. The maximum absolute atomic E-state index is 15.0. The molecule has 2 amide bonds. The molecule has 6 rings (SSSR count). The van der Waals surface area contributed by atoms with Crippen molar-refractivity contribution in [2.24, 2.45) is 0 Å². The molecule has 1 atom stereocenters. The van der Waals surface area contributed by atoms with Gasteiger partial charge in [0.25, 0.3) is 15.9 Å². The van der Waals surface area contributed by atoms with Crippen molar-refractivity contribution in [2.45, 2.75) is 36.3 Å². The van der Waals surface area contributed by atoms with Crippen LogP contribution in [0, 0.1) is 11.3 Å². The minimum Gasteiger partial charge on any atom is -0.497 e. The highest BCUT2D eigenvalue weighted by atomic mass is 32.2. The van der Waals surface area contributed by atoms with E-state index < -0.39 is 27.6 Å². The van der Waals surface area contributed by atoms with E-state index >= 15 is 4.79 Å². The second kappa shape index (κ2) is 14.5. The van der Waals surface area contributed by atoms with E-state index in [0.29, 0.717) is 29.2 Å². The second-order valence-corrected chi connectivity index (χ2v) is 14.2. The lowest BCUT2D eigenvalue weighted by molar-refractivity contribution is -0.132. The number of fused-ring (bicyclic) bond motifs is 1. The molecule has 1 unspecified atom stereocenters. The minimum absolute atomic E-state index is 0.0294. The number of nitriles is 1. The van der Waals surface area contributed by atoms with Crippen LogP contribution in [0.15, 0.2) is 84.3 Å². The van der Waals surface area contributed by atoms with E-state index in [1.807, 2.05) is 6.08 Å². The molecular formula is C37H41N5O7S.